The second-order valence-corrected chi connectivity index (χ2v) is 7.41. The topological polar surface area (TPSA) is 113 Å². The molecule has 2 aliphatic heterocycles. The van der Waals surface area contributed by atoms with Gasteiger partial charge in [-0.3, -0.25) is 14.5 Å². The van der Waals surface area contributed by atoms with Crippen LogP contribution >= 0.6 is 11.8 Å². The lowest BCUT2D eigenvalue weighted by molar-refractivity contribution is -0.138. The van der Waals surface area contributed by atoms with E-state index in [0.717, 1.165) is 55.9 Å². The van der Waals surface area contributed by atoms with Crippen molar-refractivity contribution in [2.45, 2.75) is 11.7 Å². The smallest absolute Gasteiger partial charge is 0.305 e. The van der Waals surface area contributed by atoms with Crippen molar-refractivity contribution in [1.82, 2.24) is 10.2 Å². The fraction of sp³-hybridized carbons (Fsp3) is 0.444. The van der Waals surface area contributed by atoms with Gasteiger partial charge in [0.1, 0.15) is 17.6 Å². The van der Waals surface area contributed by atoms with E-state index >= 15 is 0 Å². The predicted molar refractivity (Wildman–Crippen MR) is 106 cm³/mol. The number of hydrogen-bond donors (Lipinski definition) is 2. The van der Waals surface area contributed by atoms with Crippen molar-refractivity contribution >= 4 is 35.0 Å². The number of nitrogens with one attached hydrogen (secondary N) is 1. The van der Waals surface area contributed by atoms with Crippen LogP contribution in [0.4, 0.5) is 0 Å². The molecule has 150 valence electrons. The van der Waals surface area contributed by atoms with Gasteiger partial charge in [0.2, 0.25) is 5.91 Å². The van der Waals surface area contributed by atoms with Gasteiger partial charge in [-0.15, -0.1) is 5.10 Å². The van der Waals surface area contributed by atoms with Gasteiger partial charge in [0, 0.05) is 19.6 Å². The molecule has 2 aliphatic rings. The van der Waals surface area contributed by atoms with Crippen molar-refractivity contribution in [2.24, 2.45) is 10.2 Å². The number of carbonyl (C=O) groups excluding carboxylic acids is 1. The maximum atomic E-state index is 11.6. The van der Waals surface area contributed by atoms with E-state index < -0.39 is 11.2 Å². The molecule has 0 radical (unpaired) electrons. The van der Waals surface area contributed by atoms with Crippen LogP contribution in [-0.4, -0.2) is 78.0 Å². The quantitative estimate of drug-likeness (QED) is 0.485. The van der Waals surface area contributed by atoms with Crippen molar-refractivity contribution < 1.29 is 24.2 Å². The van der Waals surface area contributed by atoms with Crippen LogP contribution in [0.5, 0.6) is 5.75 Å². The first kappa shape index (κ1) is 20.3. The predicted octanol–water partition coefficient (Wildman–Crippen LogP) is 0.794. The summed E-state index contributed by atoms with van der Waals surface area (Å²) < 4.78 is 11.1. The average Bonchev–Trinajstić information content (AvgIpc) is 3.02. The summed E-state index contributed by atoms with van der Waals surface area (Å²) in [6.45, 7) is 4.93. The molecule has 1 aromatic rings. The number of carbonyl (C=O) groups is 2. The van der Waals surface area contributed by atoms with Crippen LogP contribution in [0.25, 0.3) is 0 Å². The van der Waals surface area contributed by atoms with E-state index in [0.29, 0.717) is 11.8 Å². The molecule has 0 spiro atoms. The number of thioether (sulfide) groups is 1. The van der Waals surface area contributed by atoms with Gasteiger partial charge in [-0.05, 0) is 29.8 Å². The standard InChI is InChI=1S/C18H22N4O5S/c23-16(24)11-15-17(25)20-18(28-15)21-19-12-13-1-3-14(4-2-13)27-10-7-22-5-8-26-9-6-22/h1-4,12,15H,5-11H2,(H,23,24)(H,20,21,25). The number of carboxylic acid groups (broad SMARTS) is 1. The number of amidine groups is 1. The molecule has 2 heterocycles. The van der Waals surface area contributed by atoms with E-state index in [9.17, 15) is 9.59 Å². The van der Waals surface area contributed by atoms with Gasteiger partial charge < -0.3 is 19.9 Å². The third-order valence-corrected chi connectivity index (χ3v) is 5.22. The molecule has 9 nitrogen and oxygen atoms in total. The number of rotatable bonds is 8. The van der Waals surface area contributed by atoms with Gasteiger partial charge in [-0.25, -0.2) is 0 Å². The van der Waals surface area contributed by atoms with E-state index in [1.165, 1.54) is 0 Å². The molecular formula is C18H22N4O5S. The van der Waals surface area contributed by atoms with E-state index in [2.05, 4.69) is 20.4 Å². The van der Waals surface area contributed by atoms with E-state index in [1.807, 2.05) is 24.3 Å². The summed E-state index contributed by atoms with van der Waals surface area (Å²) in [5.41, 5.74) is 0.835. The number of morpholine rings is 1. The molecule has 1 aromatic carbocycles. The fourth-order valence-corrected chi connectivity index (χ4v) is 3.58. The van der Waals surface area contributed by atoms with Gasteiger partial charge in [0.05, 0.1) is 25.8 Å². The number of nitrogens with zero attached hydrogens (tertiary/aromatic N) is 3. The average molecular weight is 406 g/mol. The first-order valence-electron chi connectivity index (χ1n) is 8.93. The maximum absolute atomic E-state index is 11.6. The Labute approximate surface area is 166 Å². The minimum atomic E-state index is -1.02. The van der Waals surface area contributed by atoms with Crippen molar-refractivity contribution in [2.75, 3.05) is 39.5 Å². The van der Waals surface area contributed by atoms with Crippen molar-refractivity contribution in [3.8, 4) is 5.75 Å². The summed E-state index contributed by atoms with van der Waals surface area (Å²) in [6.07, 6.45) is 1.31. The Kier molecular flexibility index (Phi) is 7.40. The lowest BCUT2D eigenvalue weighted by atomic mass is 10.2. The minimum Gasteiger partial charge on any atom is -0.492 e. The van der Waals surface area contributed by atoms with Crippen LogP contribution < -0.4 is 10.1 Å². The zero-order valence-corrected chi connectivity index (χ0v) is 16.1. The minimum absolute atomic E-state index is 0.244. The molecule has 10 heteroatoms. The lowest BCUT2D eigenvalue weighted by Gasteiger charge is -2.26. The first-order valence-corrected chi connectivity index (χ1v) is 9.81. The van der Waals surface area contributed by atoms with Crippen LogP contribution in [0.15, 0.2) is 34.5 Å². The molecule has 2 fully saturated rings. The summed E-state index contributed by atoms with van der Waals surface area (Å²) in [5.74, 6) is -0.601. The van der Waals surface area contributed by atoms with Gasteiger partial charge in [0.25, 0.3) is 0 Å². The summed E-state index contributed by atoms with van der Waals surface area (Å²) in [4.78, 5) is 24.6. The summed E-state index contributed by atoms with van der Waals surface area (Å²) in [6, 6.07) is 7.45. The lowest BCUT2D eigenvalue weighted by Crippen LogP contribution is -2.38. The summed E-state index contributed by atoms with van der Waals surface area (Å²) >= 11 is 1.07. The molecule has 2 saturated heterocycles. The van der Waals surface area contributed by atoms with Gasteiger partial charge >= 0.3 is 5.97 Å². The number of carboxylic acids is 1. The molecular weight excluding hydrogens is 384 g/mol. The summed E-state index contributed by atoms with van der Waals surface area (Å²) in [5, 5.41) is 18.8. The zero-order chi connectivity index (χ0) is 19.8. The normalized spacial score (nSPS) is 21.9. The Balaban J connectivity index is 1.43. The Morgan fingerprint density at radius 2 is 2.11 bits per heavy atom. The third-order valence-electron chi connectivity index (χ3n) is 4.15. The van der Waals surface area contributed by atoms with Crippen molar-refractivity contribution in [1.29, 1.82) is 0 Å². The monoisotopic (exact) mass is 406 g/mol. The number of amides is 1. The highest BCUT2D eigenvalue weighted by Crippen LogP contribution is 2.22. The van der Waals surface area contributed by atoms with E-state index in [-0.39, 0.29) is 12.3 Å². The van der Waals surface area contributed by atoms with Crippen LogP contribution in [0.2, 0.25) is 0 Å². The number of hydrogen-bond acceptors (Lipinski definition) is 8. The highest BCUT2D eigenvalue weighted by molar-refractivity contribution is 8.15. The maximum Gasteiger partial charge on any atom is 0.305 e. The molecule has 28 heavy (non-hydrogen) atoms. The molecule has 0 aliphatic carbocycles. The second-order valence-electron chi connectivity index (χ2n) is 6.21. The number of ether oxygens (including phenoxy) is 2. The van der Waals surface area contributed by atoms with Crippen LogP contribution in [-0.2, 0) is 14.3 Å². The van der Waals surface area contributed by atoms with Gasteiger partial charge in [0.15, 0.2) is 5.17 Å². The molecule has 0 aromatic heterocycles. The first-order chi connectivity index (χ1) is 13.6. The Hall–Kier alpha value is -2.43. The van der Waals surface area contributed by atoms with Crippen molar-refractivity contribution in [3.05, 3.63) is 29.8 Å². The molecule has 3 rings (SSSR count). The van der Waals surface area contributed by atoms with Crippen LogP contribution in [0.1, 0.15) is 12.0 Å². The highest BCUT2D eigenvalue weighted by atomic mass is 32.2. The van der Waals surface area contributed by atoms with Gasteiger partial charge in [-0.2, -0.15) is 5.10 Å². The summed E-state index contributed by atoms with van der Waals surface area (Å²) in [7, 11) is 0. The van der Waals surface area contributed by atoms with E-state index in [4.69, 9.17) is 14.6 Å². The SMILES string of the molecule is O=C(O)CC1SC(=NN=Cc2ccc(OCCN3CCOCC3)cc2)NC1=O. The molecule has 1 unspecified atom stereocenters. The second kappa shape index (κ2) is 10.2. The Bertz CT molecular complexity index is 747. The van der Waals surface area contributed by atoms with Crippen LogP contribution in [0.3, 0.4) is 0 Å². The molecule has 0 bridgehead atoms. The largest absolute Gasteiger partial charge is 0.492 e. The van der Waals surface area contributed by atoms with Crippen LogP contribution in [0, 0.1) is 0 Å². The molecule has 1 atom stereocenters. The highest BCUT2D eigenvalue weighted by Gasteiger charge is 2.32. The molecule has 2 N–H and O–H groups in total. The third kappa shape index (κ3) is 6.32. The molecule has 1 amide bonds. The van der Waals surface area contributed by atoms with Crippen molar-refractivity contribution in [3.63, 3.8) is 0 Å². The van der Waals surface area contributed by atoms with Gasteiger partial charge in [-0.1, -0.05) is 11.8 Å². The molecule has 0 saturated carbocycles. The Morgan fingerprint density at radius 1 is 1.36 bits per heavy atom. The van der Waals surface area contributed by atoms with E-state index in [1.54, 1.807) is 6.21 Å². The number of benzene rings is 1. The Morgan fingerprint density at radius 3 is 2.82 bits per heavy atom. The zero-order valence-electron chi connectivity index (χ0n) is 15.2. The fourth-order valence-electron chi connectivity index (χ4n) is 2.66. The number of aliphatic carboxylic acids is 1.